The second-order valence-electron chi connectivity index (χ2n) is 6.46. The minimum atomic E-state index is -0.0489. The summed E-state index contributed by atoms with van der Waals surface area (Å²) in [6.07, 6.45) is 3.05. The molecule has 1 heterocycles. The van der Waals surface area contributed by atoms with Gasteiger partial charge in [0.15, 0.2) is 12.6 Å². The number of hydrogen-bond donors (Lipinski definition) is 3. The molecule has 1 aliphatic carbocycles. The van der Waals surface area contributed by atoms with Crippen LogP contribution in [0.2, 0.25) is 0 Å². The molecule has 0 saturated heterocycles. The normalized spacial score (nSPS) is 13.4. The van der Waals surface area contributed by atoms with Crippen LogP contribution in [0, 0.1) is 0 Å². The lowest BCUT2D eigenvalue weighted by molar-refractivity contribution is -0.123. The fourth-order valence-corrected chi connectivity index (χ4v) is 3.17. The van der Waals surface area contributed by atoms with Gasteiger partial charge in [0.05, 0.1) is 6.54 Å². The Bertz CT molecular complexity index is 746. The number of hydrogen-bond acceptors (Lipinski definition) is 4. The third-order valence-corrected chi connectivity index (χ3v) is 5.05. The molecule has 8 heteroatoms. The number of guanidine groups is 1. The molecule has 3 N–H and O–H groups in total. The van der Waals surface area contributed by atoms with Crippen molar-refractivity contribution in [2.24, 2.45) is 4.99 Å². The number of aliphatic imine (C=N–C) groups is 1. The lowest BCUT2D eigenvalue weighted by Crippen LogP contribution is -2.37. The van der Waals surface area contributed by atoms with Crippen LogP contribution in [0.1, 0.15) is 23.3 Å². The average Bonchev–Trinajstić information content (AvgIpc) is 3.34. The van der Waals surface area contributed by atoms with Crippen molar-refractivity contribution in [1.29, 1.82) is 0 Å². The predicted octanol–water partition coefficient (Wildman–Crippen LogP) is 2.93. The summed E-state index contributed by atoms with van der Waals surface area (Å²) < 4.78 is 5.52. The number of thiophene rings is 1. The summed E-state index contributed by atoms with van der Waals surface area (Å²) in [6, 6.07) is 12.4. The maximum absolute atomic E-state index is 11.6. The number of benzene rings is 1. The zero-order valence-corrected chi connectivity index (χ0v) is 19.1. The zero-order chi connectivity index (χ0) is 18.9. The first-order valence-corrected chi connectivity index (χ1v) is 10.1. The van der Waals surface area contributed by atoms with Gasteiger partial charge in [-0.25, -0.2) is 0 Å². The second-order valence-corrected chi connectivity index (χ2v) is 7.49. The number of rotatable bonds is 9. The molecule has 1 aromatic heterocycles. The van der Waals surface area contributed by atoms with Crippen molar-refractivity contribution in [2.75, 3.05) is 20.2 Å². The van der Waals surface area contributed by atoms with Crippen molar-refractivity contribution in [1.82, 2.24) is 16.0 Å². The molecule has 0 unspecified atom stereocenters. The van der Waals surface area contributed by atoms with Crippen LogP contribution in [0.3, 0.4) is 0 Å². The van der Waals surface area contributed by atoms with E-state index >= 15 is 0 Å². The molecular weight excluding hydrogens is 487 g/mol. The first-order valence-electron chi connectivity index (χ1n) is 9.21. The summed E-state index contributed by atoms with van der Waals surface area (Å²) in [5.41, 5.74) is 1.20. The van der Waals surface area contributed by atoms with Crippen LogP contribution in [-0.2, 0) is 17.8 Å². The Morgan fingerprint density at radius 3 is 2.64 bits per heavy atom. The van der Waals surface area contributed by atoms with Crippen LogP contribution >= 0.6 is 35.3 Å². The summed E-state index contributed by atoms with van der Waals surface area (Å²) >= 11 is 1.73. The highest BCUT2D eigenvalue weighted by Crippen LogP contribution is 2.18. The highest BCUT2D eigenvalue weighted by Gasteiger charge is 2.23. The highest BCUT2D eigenvalue weighted by atomic mass is 127. The SMILES string of the molecule is CN=C(NCCc1ccc(OCC(=O)NC2CC2)cc1)NCc1cccs1.I. The van der Waals surface area contributed by atoms with E-state index in [1.165, 1.54) is 10.4 Å². The number of nitrogens with zero attached hydrogens (tertiary/aromatic N) is 1. The lowest BCUT2D eigenvalue weighted by atomic mass is 10.1. The van der Waals surface area contributed by atoms with Gasteiger partial charge < -0.3 is 20.7 Å². The Labute approximate surface area is 187 Å². The molecule has 1 saturated carbocycles. The Morgan fingerprint density at radius 2 is 2.00 bits per heavy atom. The van der Waals surface area contributed by atoms with E-state index in [4.69, 9.17) is 4.74 Å². The van der Waals surface area contributed by atoms with Gasteiger partial charge in [-0.1, -0.05) is 18.2 Å². The van der Waals surface area contributed by atoms with Crippen LogP contribution in [0.15, 0.2) is 46.8 Å². The number of halogens is 1. The zero-order valence-electron chi connectivity index (χ0n) is 15.9. The van der Waals surface area contributed by atoms with Crippen molar-refractivity contribution in [2.45, 2.75) is 31.8 Å². The van der Waals surface area contributed by atoms with Gasteiger partial charge in [0.1, 0.15) is 5.75 Å². The monoisotopic (exact) mass is 514 g/mol. The number of carbonyl (C=O) groups is 1. The van der Waals surface area contributed by atoms with Gasteiger partial charge in [-0.2, -0.15) is 0 Å². The van der Waals surface area contributed by atoms with E-state index in [9.17, 15) is 4.79 Å². The summed E-state index contributed by atoms with van der Waals surface area (Å²) in [6.45, 7) is 1.63. The molecule has 0 spiro atoms. The molecule has 0 radical (unpaired) electrons. The Morgan fingerprint density at radius 1 is 1.21 bits per heavy atom. The largest absolute Gasteiger partial charge is 0.484 e. The molecule has 1 fully saturated rings. The minimum absolute atomic E-state index is 0. The summed E-state index contributed by atoms with van der Waals surface area (Å²) in [7, 11) is 1.77. The van der Waals surface area contributed by atoms with E-state index in [2.05, 4.69) is 32.4 Å². The van der Waals surface area contributed by atoms with E-state index in [1.54, 1.807) is 18.4 Å². The quantitative estimate of drug-likeness (QED) is 0.274. The average molecular weight is 514 g/mol. The van der Waals surface area contributed by atoms with E-state index in [0.29, 0.717) is 11.8 Å². The number of carbonyl (C=O) groups excluding carboxylic acids is 1. The molecule has 152 valence electrons. The standard InChI is InChI=1S/C20H26N4O2S.HI/c1-21-20(23-13-18-3-2-12-27-18)22-11-10-15-4-8-17(9-5-15)26-14-19(25)24-16-6-7-16;/h2-5,8-9,12,16H,6-7,10-11,13-14H2,1H3,(H,24,25)(H2,21,22,23);1H. The van der Waals surface area contributed by atoms with Crippen LogP contribution in [0.5, 0.6) is 5.75 Å². The summed E-state index contributed by atoms with van der Waals surface area (Å²) in [5, 5.41) is 11.6. The third-order valence-electron chi connectivity index (χ3n) is 4.18. The molecule has 1 amide bonds. The molecule has 1 aliphatic rings. The van der Waals surface area contributed by atoms with Crippen molar-refractivity contribution in [3.63, 3.8) is 0 Å². The van der Waals surface area contributed by atoms with E-state index in [0.717, 1.165) is 38.3 Å². The molecule has 0 atom stereocenters. The fraction of sp³-hybridized carbons (Fsp3) is 0.400. The number of ether oxygens (including phenoxy) is 1. The topological polar surface area (TPSA) is 74.8 Å². The van der Waals surface area contributed by atoms with E-state index in [-0.39, 0.29) is 36.5 Å². The molecule has 6 nitrogen and oxygen atoms in total. The van der Waals surface area contributed by atoms with Gasteiger partial charge in [0.2, 0.25) is 0 Å². The molecule has 28 heavy (non-hydrogen) atoms. The Hall–Kier alpha value is -1.81. The van der Waals surface area contributed by atoms with Crippen LogP contribution in [0.4, 0.5) is 0 Å². The highest BCUT2D eigenvalue weighted by molar-refractivity contribution is 14.0. The van der Waals surface area contributed by atoms with Gasteiger partial charge in [-0.05, 0) is 48.4 Å². The smallest absolute Gasteiger partial charge is 0.258 e. The van der Waals surface area contributed by atoms with Crippen LogP contribution < -0.4 is 20.7 Å². The van der Waals surface area contributed by atoms with Gasteiger partial charge in [0.25, 0.3) is 5.91 Å². The van der Waals surface area contributed by atoms with E-state index < -0.39 is 0 Å². The second kappa shape index (κ2) is 11.9. The summed E-state index contributed by atoms with van der Waals surface area (Å²) in [5.74, 6) is 1.46. The Balaban J connectivity index is 0.00000280. The first kappa shape index (κ1) is 22.5. The molecule has 0 aliphatic heterocycles. The molecule has 0 bridgehead atoms. The predicted molar refractivity (Wildman–Crippen MR) is 125 cm³/mol. The van der Waals surface area contributed by atoms with Gasteiger partial charge in [-0.3, -0.25) is 9.79 Å². The van der Waals surface area contributed by atoms with Crippen molar-refractivity contribution in [3.05, 3.63) is 52.2 Å². The van der Waals surface area contributed by atoms with Gasteiger partial charge >= 0.3 is 0 Å². The first-order chi connectivity index (χ1) is 13.2. The Kier molecular flexibility index (Phi) is 9.56. The lowest BCUT2D eigenvalue weighted by Gasteiger charge is -2.11. The minimum Gasteiger partial charge on any atom is -0.484 e. The van der Waals surface area contributed by atoms with E-state index in [1.807, 2.05) is 30.3 Å². The van der Waals surface area contributed by atoms with Crippen molar-refractivity contribution < 1.29 is 9.53 Å². The maximum Gasteiger partial charge on any atom is 0.258 e. The number of nitrogens with one attached hydrogen (secondary N) is 3. The van der Waals surface area contributed by atoms with Crippen molar-refractivity contribution in [3.8, 4) is 5.75 Å². The summed E-state index contributed by atoms with van der Waals surface area (Å²) in [4.78, 5) is 17.2. The third kappa shape index (κ3) is 8.05. The number of amides is 1. The van der Waals surface area contributed by atoms with Gasteiger partial charge in [0, 0.05) is 24.5 Å². The molecule has 3 rings (SSSR count). The fourth-order valence-electron chi connectivity index (χ4n) is 2.53. The van der Waals surface area contributed by atoms with Gasteiger partial charge in [-0.15, -0.1) is 35.3 Å². The maximum atomic E-state index is 11.6. The molecule has 1 aromatic carbocycles. The van der Waals surface area contributed by atoms with Crippen LogP contribution in [-0.4, -0.2) is 38.1 Å². The van der Waals surface area contributed by atoms with Crippen molar-refractivity contribution >= 4 is 47.2 Å². The van der Waals surface area contributed by atoms with Crippen LogP contribution in [0.25, 0.3) is 0 Å². The molecule has 2 aromatic rings. The molecular formula is C20H27IN4O2S.